The number of fused-ring (bicyclic) bond motifs is 1. The van der Waals surface area contributed by atoms with Crippen LogP contribution in [-0.2, 0) is 9.09 Å². The van der Waals surface area contributed by atoms with Crippen molar-refractivity contribution in [3.05, 3.63) is 41.1 Å². The van der Waals surface area contributed by atoms with Gasteiger partial charge in [0, 0.05) is 11.8 Å². The molecule has 0 saturated heterocycles. The van der Waals surface area contributed by atoms with Crippen LogP contribution in [0.25, 0.3) is 22.3 Å². The van der Waals surface area contributed by atoms with Crippen molar-refractivity contribution in [1.82, 2.24) is 14.5 Å². The summed E-state index contributed by atoms with van der Waals surface area (Å²) in [6.07, 6.45) is 1.55. The minimum absolute atomic E-state index is 0.0660. The number of imidazole rings is 1. The monoisotopic (exact) mass is 433 g/mol. The molecule has 1 atom stereocenters. The molecular weight excluding hydrogens is 419 g/mol. The number of aromatic hydroxyl groups is 1. The van der Waals surface area contributed by atoms with Crippen LogP contribution in [0.5, 0.6) is 6.01 Å². The molecule has 0 spiro atoms. The summed E-state index contributed by atoms with van der Waals surface area (Å²) in [6.45, 7) is 1.26. The molecular formula is C16H15ClF2N3O5P. The molecule has 1 aromatic carbocycles. The number of aromatic nitrogens is 3. The topological polar surface area (TPSA) is 118 Å². The van der Waals surface area contributed by atoms with E-state index >= 15 is 0 Å². The van der Waals surface area contributed by atoms with Crippen molar-refractivity contribution < 1.29 is 32.8 Å². The molecule has 12 heteroatoms. The van der Waals surface area contributed by atoms with Crippen LogP contribution in [0.4, 0.5) is 8.78 Å². The van der Waals surface area contributed by atoms with Crippen LogP contribution in [-0.4, -0.2) is 36.0 Å². The molecule has 3 N–H and O–H groups in total. The highest BCUT2D eigenvalue weighted by Gasteiger charge is 2.26. The van der Waals surface area contributed by atoms with Gasteiger partial charge < -0.3 is 14.9 Å². The van der Waals surface area contributed by atoms with Gasteiger partial charge in [0.05, 0.1) is 17.7 Å². The maximum atomic E-state index is 13.8. The van der Waals surface area contributed by atoms with Crippen LogP contribution in [0.2, 0.25) is 5.02 Å². The summed E-state index contributed by atoms with van der Waals surface area (Å²) in [7, 11) is -4.75. The molecule has 0 fully saturated rings. The quantitative estimate of drug-likeness (QED) is 0.506. The van der Waals surface area contributed by atoms with Crippen LogP contribution >= 0.6 is 19.4 Å². The second-order valence-electron chi connectivity index (χ2n) is 5.91. The van der Waals surface area contributed by atoms with Gasteiger partial charge in [0.1, 0.15) is 5.52 Å². The van der Waals surface area contributed by atoms with E-state index in [2.05, 4.69) is 14.5 Å². The van der Waals surface area contributed by atoms with Crippen molar-refractivity contribution in [2.75, 3.05) is 6.61 Å². The first kappa shape index (κ1) is 20.6. The largest absolute Gasteiger partial charge is 0.480 e. The highest BCUT2D eigenvalue weighted by molar-refractivity contribution is 7.46. The Kier molecular flexibility index (Phi) is 5.69. The van der Waals surface area contributed by atoms with E-state index in [0.29, 0.717) is 6.42 Å². The Morgan fingerprint density at radius 1 is 1.32 bits per heavy atom. The van der Waals surface area contributed by atoms with Crippen molar-refractivity contribution in [3.63, 3.8) is 0 Å². The number of halogens is 3. The number of hydrogen-bond donors (Lipinski definition) is 3. The number of rotatable bonds is 6. The molecule has 0 aliphatic rings. The van der Waals surface area contributed by atoms with Crippen LogP contribution in [0, 0.1) is 11.6 Å². The lowest BCUT2D eigenvalue weighted by Crippen LogP contribution is -2.14. The number of pyridine rings is 1. The standard InChI is InChI=1S/C16H15ClF2N3O5P/c1-2-9(7-27-28(24,25)26)22-14-13(8-3-4-11(18)12(19)5-8)10(17)6-20-15(14)21-16(22)23/h3-6,9H,2,7H2,1H3,(H,20,21,23)(H2,24,25,26). The fourth-order valence-corrected chi connectivity index (χ4v) is 3.47. The average molecular weight is 434 g/mol. The number of nitrogens with zero attached hydrogens (tertiary/aromatic N) is 3. The van der Waals surface area contributed by atoms with E-state index in [1.807, 2.05) is 0 Å². The van der Waals surface area contributed by atoms with Crippen molar-refractivity contribution in [2.24, 2.45) is 0 Å². The molecule has 0 amide bonds. The van der Waals surface area contributed by atoms with Crippen LogP contribution in [0.15, 0.2) is 24.4 Å². The third-order valence-electron chi connectivity index (χ3n) is 4.13. The van der Waals surface area contributed by atoms with Gasteiger partial charge >= 0.3 is 7.82 Å². The molecule has 1 unspecified atom stereocenters. The van der Waals surface area contributed by atoms with Gasteiger partial charge in [-0.15, -0.1) is 0 Å². The normalized spacial score (nSPS) is 13.2. The van der Waals surface area contributed by atoms with E-state index in [1.54, 1.807) is 6.92 Å². The summed E-state index contributed by atoms with van der Waals surface area (Å²) in [5.41, 5.74) is 0.699. The van der Waals surface area contributed by atoms with Gasteiger partial charge in [-0.05, 0) is 24.1 Å². The number of phosphoric acid groups is 1. The van der Waals surface area contributed by atoms with E-state index in [4.69, 9.17) is 21.4 Å². The van der Waals surface area contributed by atoms with Gasteiger partial charge in [0.2, 0.25) is 0 Å². The van der Waals surface area contributed by atoms with Gasteiger partial charge in [-0.3, -0.25) is 9.09 Å². The first-order chi connectivity index (χ1) is 13.1. The number of hydrogen-bond acceptors (Lipinski definition) is 5. The zero-order chi connectivity index (χ0) is 20.6. The lowest BCUT2D eigenvalue weighted by atomic mass is 10.0. The lowest BCUT2D eigenvalue weighted by Gasteiger charge is -2.20. The fraction of sp³-hybridized carbons (Fsp3) is 0.250. The average Bonchev–Trinajstić information content (AvgIpc) is 2.94. The van der Waals surface area contributed by atoms with Crippen LogP contribution in [0.1, 0.15) is 19.4 Å². The minimum Gasteiger partial charge on any atom is -0.480 e. The van der Waals surface area contributed by atoms with Crippen molar-refractivity contribution in [3.8, 4) is 17.1 Å². The maximum absolute atomic E-state index is 13.8. The number of phosphoric ester groups is 1. The molecule has 0 aliphatic heterocycles. The Morgan fingerprint density at radius 2 is 2.04 bits per heavy atom. The molecule has 0 aliphatic carbocycles. The zero-order valence-corrected chi connectivity index (χ0v) is 16.0. The smallest absolute Gasteiger partial charge is 0.469 e. The van der Waals surface area contributed by atoms with E-state index in [0.717, 1.165) is 12.1 Å². The van der Waals surface area contributed by atoms with E-state index in [-0.39, 0.29) is 27.3 Å². The summed E-state index contributed by atoms with van der Waals surface area (Å²) < 4.78 is 44.0. The molecule has 8 nitrogen and oxygen atoms in total. The molecule has 2 heterocycles. The number of benzene rings is 1. The van der Waals surface area contributed by atoms with Crippen LogP contribution in [0.3, 0.4) is 0 Å². The highest BCUT2D eigenvalue weighted by atomic mass is 35.5. The first-order valence-corrected chi connectivity index (χ1v) is 9.94. The minimum atomic E-state index is -4.75. The summed E-state index contributed by atoms with van der Waals surface area (Å²) in [5, 5.41) is 10.4. The van der Waals surface area contributed by atoms with E-state index < -0.39 is 38.1 Å². The second-order valence-corrected chi connectivity index (χ2v) is 7.56. The zero-order valence-electron chi connectivity index (χ0n) is 14.4. The predicted octanol–water partition coefficient (Wildman–Crippen LogP) is 3.80. The first-order valence-electron chi connectivity index (χ1n) is 8.03. The van der Waals surface area contributed by atoms with Gasteiger partial charge in [-0.1, -0.05) is 24.6 Å². The Hall–Kier alpha value is -2.10. The van der Waals surface area contributed by atoms with Crippen LogP contribution < -0.4 is 0 Å². The van der Waals surface area contributed by atoms with E-state index in [9.17, 15) is 18.5 Å². The van der Waals surface area contributed by atoms with E-state index in [1.165, 1.54) is 16.8 Å². The Bertz CT molecular complexity index is 1090. The Labute approximate surface area is 162 Å². The van der Waals surface area contributed by atoms with Crippen molar-refractivity contribution in [1.29, 1.82) is 0 Å². The summed E-state index contributed by atoms with van der Waals surface area (Å²) in [5.74, 6) is -2.13. The molecule has 28 heavy (non-hydrogen) atoms. The predicted molar refractivity (Wildman–Crippen MR) is 96.9 cm³/mol. The third kappa shape index (κ3) is 4.01. The van der Waals surface area contributed by atoms with Crippen molar-refractivity contribution >= 4 is 30.6 Å². The molecule has 150 valence electrons. The van der Waals surface area contributed by atoms with Gasteiger partial charge in [-0.2, -0.15) is 4.98 Å². The lowest BCUT2D eigenvalue weighted by molar-refractivity contribution is 0.164. The van der Waals surface area contributed by atoms with Gasteiger partial charge in [-0.25, -0.2) is 18.3 Å². The second kappa shape index (κ2) is 7.73. The molecule has 3 rings (SSSR count). The maximum Gasteiger partial charge on any atom is 0.469 e. The highest BCUT2D eigenvalue weighted by Crippen LogP contribution is 2.41. The molecule has 0 radical (unpaired) electrons. The third-order valence-corrected chi connectivity index (χ3v) is 4.90. The summed E-state index contributed by atoms with van der Waals surface area (Å²) in [4.78, 5) is 25.9. The van der Waals surface area contributed by atoms with Gasteiger partial charge in [0.25, 0.3) is 6.01 Å². The van der Waals surface area contributed by atoms with Gasteiger partial charge in [0.15, 0.2) is 17.3 Å². The molecule has 3 aromatic rings. The summed E-state index contributed by atoms with van der Waals surface area (Å²) in [6, 6.07) is 1.94. The molecule has 0 saturated carbocycles. The fourth-order valence-electron chi connectivity index (χ4n) is 2.86. The Morgan fingerprint density at radius 3 is 2.64 bits per heavy atom. The summed E-state index contributed by atoms with van der Waals surface area (Å²) >= 11 is 6.25. The molecule has 2 aromatic heterocycles. The SMILES string of the molecule is CCC(COP(=O)(O)O)n1c(O)nc2ncc(Cl)c(-c3ccc(F)c(F)c3)c21. The Balaban J connectivity index is 2.23. The van der Waals surface area contributed by atoms with Crippen molar-refractivity contribution in [2.45, 2.75) is 19.4 Å². The molecule has 0 bridgehead atoms.